The Morgan fingerprint density at radius 2 is 1.70 bits per heavy atom. The fourth-order valence-corrected chi connectivity index (χ4v) is 4.66. The molecule has 176 valence electrons. The van der Waals surface area contributed by atoms with Crippen LogP contribution >= 0.6 is 0 Å². The van der Waals surface area contributed by atoms with Gasteiger partial charge in [-0.1, -0.05) is 30.3 Å². The first-order chi connectivity index (χ1) is 15.5. The molecule has 33 heavy (non-hydrogen) atoms. The van der Waals surface area contributed by atoms with Gasteiger partial charge in [0.1, 0.15) is 5.60 Å². The van der Waals surface area contributed by atoms with E-state index in [0.29, 0.717) is 25.1 Å². The molecule has 3 nitrogen and oxygen atoms in total. The first kappa shape index (κ1) is 23.4. The van der Waals surface area contributed by atoms with E-state index < -0.39 is 23.4 Å². The summed E-state index contributed by atoms with van der Waals surface area (Å²) in [5.41, 5.74) is 4.58. The summed E-state index contributed by atoms with van der Waals surface area (Å²) in [7, 11) is 0. The lowest BCUT2D eigenvalue weighted by Crippen LogP contribution is -2.39. The van der Waals surface area contributed by atoms with Crippen molar-refractivity contribution in [2.24, 2.45) is 0 Å². The Labute approximate surface area is 193 Å². The van der Waals surface area contributed by atoms with Crippen LogP contribution in [0.25, 0.3) is 16.7 Å². The number of fused-ring (bicyclic) bond motifs is 1. The number of nitrogens with zero attached hydrogens (tertiary/aromatic N) is 1. The molecule has 0 radical (unpaired) electrons. The van der Waals surface area contributed by atoms with Gasteiger partial charge >= 0.3 is 12.3 Å². The molecule has 6 heteroatoms. The molecule has 0 fully saturated rings. The lowest BCUT2D eigenvalue weighted by atomic mass is 9.82. The van der Waals surface area contributed by atoms with Crippen molar-refractivity contribution in [3.05, 3.63) is 64.7 Å². The van der Waals surface area contributed by atoms with Gasteiger partial charge in [-0.05, 0) is 98.4 Å². The molecule has 2 aliphatic rings. The molecule has 0 spiro atoms. The number of benzene rings is 2. The average molecular weight is 458 g/mol. The highest BCUT2D eigenvalue weighted by Crippen LogP contribution is 2.40. The summed E-state index contributed by atoms with van der Waals surface area (Å²) in [5.74, 6) is 0. The molecule has 0 bridgehead atoms. The predicted octanol–water partition coefficient (Wildman–Crippen LogP) is 7.28. The maximum absolute atomic E-state index is 13.6. The zero-order valence-corrected chi connectivity index (χ0v) is 19.4. The number of rotatable bonds is 2. The van der Waals surface area contributed by atoms with E-state index in [2.05, 4.69) is 6.07 Å². The van der Waals surface area contributed by atoms with Crippen molar-refractivity contribution in [3.63, 3.8) is 0 Å². The second kappa shape index (κ2) is 8.88. The molecule has 0 unspecified atom stereocenters. The maximum Gasteiger partial charge on any atom is 0.416 e. The summed E-state index contributed by atoms with van der Waals surface area (Å²) in [4.78, 5) is 14.0. The summed E-state index contributed by atoms with van der Waals surface area (Å²) in [6.07, 6.45) is 1.70. The summed E-state index contributed by atoms with van der Waals surface area (Å²) >= 11 is 0. The number of hydrogen-bond donors (Lipinski definition) is 0. The van der Waals surface area contributed by atoms with Crippen molar-refractivity contribution >= 4 is 11.7 Å². The SMILES string of the molecule is CC(C)(C)OC(=O)N1CC=C(c2cc(C(F)(F)F)ccc2-c2cccc3c2CCCC3)CC1. The number of carbonyl (C=O) groups is 1. The standard InChI is InChI=1S/C27H30F3NO2/c1-26(2,3)33-25(32)31-15-13-19(14-16-31)24-17-20(27(28,29)30)11-12-23(24)22-10-6-8-18-7-4-5-9-21(18)22/h6,8,10-13,17H,4-5,7,9,14-16H2,1-3H3. The van der Waals surface area contributed by atoms with Crippen molar-refractivity contribution in [2.75, 3.05) is 13.1 Å². The number of halogens is 3. The molecule has 2 aromatic carbocycles. The van der Waals surface area contributed by atoms with E-state index in [-0.39, 0.29) is 0 Å². The van der Waals surface area contributed by atoms with Crippen molar-refractivity contribution in [3.8, 4) is 11.1 Å². The minimum atomic E-state index is -4.42. The zero-order valence-electron chi connectivity index (χ0n) is 19.4. The first-order valence-corrected chi connectivity index (χ1v) is 11.5. The average Bonchev–Trinajstić information content (AvgIpc) is 2.77. The van der Waals surface area contributed by atoms with Gasteiger partial charge in [0.2, 0.25) is 0 Å². The van der Waals surface area contributed by atoms with Crippen LogP contribution in [0.1, 0.15) is 62.3 Å². The number of aryl methyl sites for hydroxylation is 1. The van der Waals surface area contributed by atoms with E-state index >= 15 is 0 Å². The number of ether oxygens (including phenoxy) is 1. The summed E-state index contributed by atoms with van der Waals surface area (Å²) in [6.45, 7) is 6.15. The first-order valence-electron chi connectivity index (χ1n) is 11.5. The lowest BCUT2D eigenvalue weighted by Gasteiger charge is -2.30. The van der Waals surface area contributed by atoms with Gasteiger partial charge in [0.05, 0.1) is 5.56 Å². The van der Waals surface area contributed by atoms with Crippen LogP contribution in [0.4, 0.5) is 18.0 Å². The molecule has 0 aromatic heterocycles. The van der Waals surface area contributed by atoms with Crippen molar-refractivity contribution in [1.82, 2.24) is 4.90 Å². The van der Waals surface area contributed by atoms with Crippen LogP contribution in [0.3, 0.4) is 0 Å². The highest BCUT2D eigenvalue weighted by molar-refractivity contribution is 5.85. The molecule has 1 aliphatic carbocycles. The van der Waals surface area contributed by atoms with E-state index in [1.807, 2.05) is 39.0 Å². The fourth-order valence-electron chi connectivity index (χ4n) is 4.66. The quantitative estimate of drug-likeness (QED) is 0.474. The van der Waals surface area contributed by atoms with Gasteiger partial charge in [0, 0.05) is 13.1 Å². The van der Waals surface area contributed by atoms with Gasteiger partial charge in [0.25, 0.3) is 0 Å². The molecule has 1 aliphatic heterocycles. The van der Waals surface area contributed by atoms with E-state index in [9.17, 15) is 18.0 Å². The van der Waals surface area contributed by atoms with Gasteiger partial charge in [0.15, 0.2) is 0 Å². The van der Waals surface area contributed by atoms with Crippen molar-refractivity contribution in [2.45, 2.75) is 64.7 Å². The van der Waals surface area contributed by atoms with E-state index in [4.69, 9.17) is 4.74 Å². The highest BCUT2D eigenvalue weighted by Gasteiger charge is 2.32. The van der Waals surface area contributed by atoms with Gasteiger partial charge in [-0.2, -0.15) is 13.2 Å². The Morgan fingerprint density at radius 3 is 2.36 bits per heavy atom. The number of carbonyl (C=O) groups excluding carboxylic acids is 1. The summed E-state index contributed by atoms with van der Waals surface area (Å²) < 4.78 is 46.2. The van der Waals surface area contributed by atoms with Crippen LogP contribution in [0.5, 0.6) is 0 Å². The van der Waals surface area contributed by atoms with Gasteiger partial charge in [-0.25, -0.2) is 4.79 Å². The minimum Gasteiger partial charge on any atom is -0.444 e. The number of amides is 1. The molecular weight excluding hydrogens is 427 g/mol. The molecule has 1 heterocycles. The van der Waals surface area contributed by atoms with Crippen LogP contribution in [0.15, 0.2) is 42.5 Å². The van der Waals surface area contributed by atoms with Crippen LogP contribution < -0.4 is 0 Å². The molecule has 0 saturated carbocycles. The molecule has 0 N–H and O–H groups in total. The predicted molar refractivity (Wildman–Crippen MR) is 124 cm³/mol. The van der Waals surface area contributed by atoms with E-state index in [0.717, 1.165) is 42.4 Å². The Hall–Kier alpha value is -2.76. The van der Waals surface area contributed by atoms with Crippen molar-refractivity contribution in [1.29, 1.82) is 0 Å². The molecular formula is C27H30F3NO2. The van der Waals surface area contributed by atoms with Crippen LogP contribution in [-0.4, -0.2) is 29.7 Å². The third-order valence-corrected chi connectivity index (χ3v) is 6.24. The molecule has 0 atom stereocenters. The highest BCUT2D eigenvalue weighted by atomic mass is 19.4. The molecule has 4 rings (SSSR count). The Kier molecular flexibility index (Phi) is 6.30. The molecule has 2 aromatic rings. The summed E-state index contributed by atoms with van der Waals surface area (Å²) in [6, 6.07) is 10.2. The van der Waals surface area contributed by atoms with E-state index in [1.54, 1.807) is 11.0 Å². The number of hydrogen-bond acceptors (Lipinski definition) is 2. The number of alkyl halides is 3. The second-order valence-electron chi connectivity index (χ2n) is 9.81. The van der Waals surface area contributed by atoms with Crippen LogP contribution in [-0.2, 0) is 23.8 Å². The van der Waals surface area contributed by atoms with Gasteiger partial charge < -0.3 is 9.64 Å². The van der Waals surface area contributed by atoms with Crippen LogP contribution in [0.2, 0.25) is 0 Å². The Balaban J connectivity index is 1.73. The smallest absolute Gasteiger partial charge is 0.416 e. The Bertz CT molecular complexity index is 1080. The largest absolute Gasteiger partial charge is 0.444 e. The summed E-state index contributed by atoms with van der Waals surface area (Å²) in [5, 5.41) is 0. The second-order valence-corrected chi connectivity index (χ2v) is 9.81. The normalized spacial score (nSPS) is 16.8. The van der Waals surface area contributed by atoms with Crippen LogP contribution in [0, 0.1) is 0 Å². The molecule has 0 saturated heterocycles. The fraction of sp³-hybridized carbons (Fsp3) is 0.444. The van der Waals surface area contributed by atoms with E-state index in [1.165, 1.54) is 23.3 Å². The Morgan fingerprint density at radius 1 is 0.939 bits per heavy atom. The molecule has 1 amide bonds. The lowest BCUT2D eigenvalue weighted by molar-refractivity contribution is -0.137. The van der Waals surface area contributed by atoms with Gasteiger partial charge in [-0.3, -0.25) is 0 Å². The monoisotopic (exact) mass is 457 g/mol. The zero-order chi connectivity index (χ0) is 23.8. The third kappa shape index (κ3) is 5.26. The maximum atomic E-state index is 13.6. The third-order valence-electron chi connectivity index (χ3n) is 6.24. The topological polar surface area (TPSA) is 29.5 Å². The van der Waals surface area contributed by atoms with Crippen molar-refractivity contribution < 1.29 is 22.7 Å². The van der Waals surface area contributed by atoms with Gasteiger partial charge in [-0.15, -0.1) is 0 Å². The minimum absolute atomic E-state index is 0.312.